The second-order valence-electron chi connectivity index (χ2n) is 6.97. The number of rotatable bonds is 7. The molecule has 162 valence electrons. The van der Waals surface area contributed by atoms with Crippen molar-refractivity contribution in [3.05, 3.63) is 57.1 Å². The number of nitrogens with zero attached hydrogens (tertiary/aromatic N) is 1. The van der Waals surface area contributed by atoms with E-state index in [0.717, 1.165) is 11.1 Å². The Labute approximate surface area is 186 Å². The van der Waals surface area contributed by atoms with E-state index in [0.29, 0.717) is 53.4 Å². The molecule has 0 N–H and O–H groups in total. The van der Waals surface area contributed by atoms with Crippen LogP contribution in [0.5, 0.6) is 11.5 Å². The first kappa shape index (κ1) is 22.7. The van der Waals surface area contributed by atoms with E-state index in [1.165, 1.54) is 0 Å². The van der Waals surface area contributed by atoms with Gasteiger partial charge in [0.05, 0.1) is 40.1 Å². The molecule has 3 rings (SSSR count). The van der Waals surface area contributed by atoms with Gasteiger partial charge < -0.3 is 23.8 Å². The third kappa shape index (κ3) is 5.19. The molecule has 1 unspecified atom stereocenters. The highest BCUT2D eigenvalue weighted by Crippen LogP contribution is 2.30. The first-order valence-corrected chi connectivity index (χ1v) is 10.3. The third-order valence-electron chi connectivity index (χ3n) is 5.04. The summed E-state index contributed by atoms with van der Waals surface area (Å²) in [5.41, 5.74) is 2.10. The van der Waals surface area contributed by atoms with E-state index in [-0.39, 0.29) is 18.6 Å². The van der Waals surface area contributed by atoms with Crippen LogP contribution in [-0.2, 0) is 16.1 Å². The summed E-state index contributed by atoms with van der Waals surface area (Å²) in [7, 11) is 3.15. The van der Waals surface area contributed by atoms with Crippen molar-refractivity contribution in [2.45, 2.75) is 19.6 Å². The monoisotopic (exact) mass is 453 g/mol. The molecule has 2 aromatic carbocycles. The van der Waals surface area contributed by atoms with Gasteiger partial charge >= 0.3 is 0 Å². The van der Waals surface area contributed by atoms with Crippen LogP contribution in [0.15, 0.2) is 30.3 Å². The SMILES string of the molecule is COc1cc(C(=O)N2CCOC(COCc3c(Cl)cccc3Cl)C2)cc(OC)c1C. The van der Waals surface area contributed by atoms with Crippen LogP contribution in [-0.4, -0.2) is 57.4 Å². The molecule has 0 aliphatic carbocycles. The van der Waals surface area contributed by atoms with E-state index in [4.69, 9.17) is 42.1 Å². The minimum Gasteiger partial charge on any atom is -0.496 e. The number of amides is 1. The molecule has 1 aliphatic rings. The van der Waals surface area contributed by atoms with Crippen LogP contribution in [0.1, 0.15) is 21.5 Å². The fraction of sp³-hybridized carbons (Fsp3) is 0.409. The minimum absolute atomic E-state index is 0.103. The van der Waals surface area contributed by atoms with Gasteiger partial charge in [0, 0.05) is 39.8 Å². The number of benzene rings is 2. The van der Waals surface area contributed by atoms with Crippen LogP contribution in [0.4, 0.5) is 0 Å². The normalized spacial score (nSPS) is 16.4. The molecule has 8 heteroatoms. The summed E-state index contributed by atoms with van der Waals surface area (Å²) >= 11 is 12.4. The summed E-state index contributed by atoms with van der Waals surface area (Å²) in [6.07, 6.45) is -0.238. The Hall–Kier alpha value is -1.99. The molecule has 0 aromatic heterocycles. The number of methoxy groups -OCH3 is 2. The second-order valence-corrected chi connectivity index (χ2v) is 7.78. The topological polar surface area (TPSA) is 57.2 Å². The van der Waals surface area contributed by atoms with Crippen molar-refractivity contribution in [1.29, 1.82) is 0 Å². The van der Waals surface area contributed by atoms with Crippen molar-refractivity contribution in [3.63, 3.8) is 0 Å². The number of carbonyl (C=O) groups is 1. The molecule has 0 spiro atoms. The number of ether oxygens (including phenoxy) is 4. The molecular weight excluding hydrogens is 429 g/mol. The van der Waals surface area contributed by atoms with Gasteiger partial charge in [-0.25, -0.2) is 0 Å². The molecule has 1 amide bonds. The van der Waals surface area contributed by atoms with Crippen molar-refractivity contribution >= 4 is 29.1 Å². The van der Waals surface area contributed by atoms with Gasteiger partial charge in [0.1, 0.15) is 11.5 Å². The van der Waals surface area contributed by atoms with Crippen LogP contribution in [0.3, 0.4) is 0 Å². The highest BCUT2D eigenvalue weighted by molar-refractivity contribution is 6.35. The standard InChI is InChI=1S/C22H25Cl2NO5/c1-14-20(27-2)9-15(10-21(14)28-3)22(26)25-7-8-30-16(11-25)12-29-13-17-18(23)5-4-6-19(17)24/h4-6,9-10,16H,7-8,11-13H2,1-3H3. The lowest BCUT2D eigenvalue weighted by Crippen LogP contribution is -2.47. The van der Waals surface area contributed by atoms with Crippen LogP contribution in [0.2, 0.25) is 10.0 Å². The number of carbonyl (C=O) groups excluding carboxylic acids is 1. The average Bonchev–Trinajstić information content (AvgIpc) is 2.75. The Kier molecular flexibility index (Phi) is 7.83. The summed E-state index contributed by atoms with van der Waals surface area (Å²) in [4.78, 5) is 14.8. The van der Waals surface area contributed by atoms with Gasteiger partial charge in [-0.05, 0) is 31.2 Å². The van der Waals surface area contributed by atoms with Crippen molar-refractivity contribution in [2.75, 3.05) is 40.5 Å². The van der Waals surface area contributed by atoms with Gasteiger partial charge in [0.15, 0.2) is 0 Å². The fourth-order valence-electron chi connectivity index (χ4n) is 3.36. The second kappa shape index (κ2) is 10.4. The van der Waals surface area contributed by atoms with E-state index in [9.17, 15) is 4.79 Å². The van der Waals surface area contributed by atoms with Gasteiger partial charge in [-0.3, -0.25) is 4.79 Å². The number of halogens is 2. The highest BCUT2D eigenvalue weighted by atomic mass is 35.5. The molecule has 1 saturated heterocycles. The Bertz CT molecular complexity index is 860. The first-order chi connectivity index (χ1) is 14.4. The van der Waals surface area contributed by atoms with Crippen LogP contribution < -0.4 is 9.47 Å². The zero-order valence-corrected chi connectivity index (χ0v) is 18.8. The lowest BCUT2D eigenvalue weighted by molar-refractivity contribution is -0.0647. The predicted molar refractivity (Wildman–Crippen MR) is 116 cm³/mol. The molecule has 30 heavy (non-hydrogen) atoms. The minimum atomic E-state index is -0.238. The van der Waals surface area contributed by atoms with E-state index < -0.39 is 0 Å². The number of morpholine rings is 1. The largest absolute Gasteiger partial charge is 0.496 e. The maximum atomic E-state index is 13.1. The lowest BCUT2D eigenvalue weighted by Gasteiger charge is -2.33. The molecule has 1 fully saturated rings. The van der Waals surface area contributed by atoms with Crippen molar-refractivity contribution in [2.24, 2.45) is 0 Å². The van der Waals surface area contributed by atoms with Gasteiger partial charge in [0.2, 0.25) is 0 Å². The number of hydrogen-bond donors (Lipinski definition) is 0. The molecule has 0 bridgehead atoms. The van der Waals surface area contributed by atoms with E-state index in [1.807, 2.05) is 6.92 Å². The smallest absolute Gasteiger partial charge is 0.254 e. The van der Waals surface area contributed by atoms with E-state index >= 15 is 0 Å². The zero-order chi connectivity index (χ0) is 21.7. The van der Waals surface area contributed by atoms with Gasteiger partial charge in [-0.2, -0.15) is 0 Å². The van der Waals surface area contributed by atoms with Gasteiger partial charge in [-0.15, -0.1) is 0 Å². The van der Waals surface area contributed by atoms with Crippen molar-refractivity contribution in [3.8, 4) is 11.5 Å². The Morgan fingerprint density at radius 1 is 1.17 bits per heavy atom. The Morgan fingerprint density at radius 3 is 2.40 bits per heavy atom. The predicted octanol–water partition coefficient (Wildman–Crippen LogP) is 4.38. The van der Waals surface area contributed by atoms with Crippen LogP contribution in [0.25, 0.3) is 0 Å². The lowest BCUT2D eigenvalue weighted by atomic mass is 10.1. The van der Waals surface area contributed by atoms with E-state index in [1.54, 1.807) is 49.5 Å². The maximum Gasteiger partial charge on any atom is 0.254 e. The van der Waals surface area contributed by atoms with Gasteiger partial charge in [-0.1, -0.05) is 29.3 Å². The summed E-state index contributed by atoms with van der Waals surface area (Å²) < 4.78 is 22.3. The quantitative estimate of drug-likeness (QED) is 0.622. The summed E-state index contributed by atoms with van der Waals surface area (Å²) in [5, 5.41) is 1.12. The third-order valence-corrected chi connectivity index (χ3v) is 5.75. The Morgan fingerprint density at radius 2 is 1.80 bits per heavy atom. The Balaban J connectivity index is 1.62. The molecule has 1 aliphatic heterocycles. The fourth-order valence-corrected chi connectivity index (χ4v) is 3.87. The molecule has 0 saturated carbocycles. The molecule has 2 aromatic rings. The molecule has 1 heterocycles. The molecule has 0 radical (unpaired) electrons. The summed E-state index contributed by atoms with van der Waals surface area (Å²) in [6, 6.07) is 8.81. The van der Waals surface area contributed by atoms with Crippen molar-refractivity contribution < 1.29 is 23.7 Å². The summed E-state index contributed by atoms with van der Waals surface area (Å²) in [5.74, 6) is 1.12. The average molecular weight is 454 g/mol. The summed E-state index contributed by atoms with van der Waals surface area (Å²) in [6.45, 7) is 3.86. The molecule has 1 atom stereocenters. The van der Waals surface area contributed by atoms with Crippen LogP contribution in [0, 0.1) is 6.92 Å². The first-order valence-electron chi connectivity index (χ1n) is 9.58. The maximum absolute atomic E-state index is 13.1. The van der Waals surface area contributed by atoms with Crippen LogP contribution >= 0.6 is 23.2 Å². The van der Waals surface area contributed by atoms with E-state index in [2.05, 4.69) is 0 Å². The van der Waals surface area contributed by atoms with Gasteiger partial charge in [0.25, 0.3) is 5.91 Å². The highest BCUT2D eigenvalue weighted by Gasteiger charge is 2.26. The van der Waals surface area contributed by atoms with Crippen molar-refractivity contribution in [1.82, 2.24) is 4.90 Å². The molecular formula is C22H25Cl2NO5. The number of hydrogen-bond acceptors (Lipinski definition) is 5. The zero-order valence-electron chi connectivity index (χ0n) is 17.2. The molecule has 6 nitrogen and oxygen atoms in total.